The number of allylic oxidation sites excluding steroid dienone is 1. The predicted molar refractivity (Wildman–Crippen MR) is 151 cm³/mol. The molecule has 3 aromatic carbocycles. The molecular weight excluding hydrogens is 442 g/mol. The SMILES string of the molecule is CC(C)/C=C/c1cc(C2CC2c2ccc3c(c2)C(C(C)C)N(C)CC3)cc2ccc(C(N)=NO)cc12. The molecule has 0 spiro atoms. The molecule has 1 aliphatic carbocycles. The molecule has 0 aromatic heterocycles. The van der Waals surface area contributed by atoms with Crippen LogP contribution in [0.2, 0.25) is 0 Å². The van der Waals surface area contributed by atoms with Gasteiger partial charge in [-0.2, -0.15) is 0 Å². The molecule has 0 radical (unpaired) electrons. The second kappa shape index (κ2) is 9.74. The Bertz CT molecular complexity index is 1340. The van der Waals surface area contributed by atoms with E-state index in [1.165, 1.54) is 39.6 Å². The van der Waals surface area contributed by atoms with Crippen LogP contribution in [0.5, 0.6) is 0 Å². The topological polar surface area (TPSA) is 61.8 Å². The van der Waals surface area contributed by atoms with Crippen LogP contribution in [0.3, 0.4) is 0 Å². The average molecular weight is 482 g/mol. The summed E-state index contributed by atoms with van der Waals surface area (Å²) in [6.07, 6.45) is 6.81. The van der Waals surface area contributed by atoms with Crippen LogP contribution < -0.4 is 5.73 Å². The minimum atomic E-state index is 0.139. The van der Waals surface area contributed by atoms with Crippen molar-refractivity contribution in [3.05, 3.63) is 88.0 Å². The van der Waals surface area contributed by atoms with Crippen LogP contribution in [0.4, 0.5) is 0 Å². The first-order chi connectivity index (χ1) is 17.3. The van der Waals surface area contributed by atoms with Gasteiger partial charge in [0.15, 0.2) is 5.84 Å². The highest BCUT2D eigenvalue weighted by Gasteiger charge is 2.40. The van der Waals surface area contributed by atoms with Crippen molar-refractivity contribution < 1.29 is 5.21 Å². The fourth-order valence-corrected chi connectivity index (χ4v) is 6.10. The number of nitrogens with two attached hydrogens (primary N) is 1. The summed E-state index contributed by atoms with van der Waals surface area (Å²) in [7, 11) is 2.27. The summed E-state index contributed by atoms with van der Waals surface area (Å²) in [4.78, 5) is 2.53. The molecule has 3 aromatic rings. The highest BCUT2D eigenvalue weighted by Crippen LogP contribution is 2.56. The lowest BCUT2D eigenvalue weighted by molar-refractivity contribution is 0.181. The first-order valence-corrected chi connectivity index (χ1v) is 13.3. The van der Waals surface area contributed by atoms with Gasteiger partial charge in [0, 0.05) is 18.2 Å². The van der Waals surface area contributed by atoms with E-state index in [0.717, 1.165) is 23.9 Å². The number of rotatable bonds is 6. The Morgan fingerprint density at radius 2 is 1.81 bits per heavy atom. The number of hydrogen-bond donors (Lipinski definition) is 2. The van der Waals surface area contributed by atoms with E-state index in [4.69, 9.17) is 10.9 Å². The van der Waals surface area contributed by atoms with Crippen LogP contribution in [0, 0.1) is 11.8 Å². The maximum atomic E-state index is 9.15. The third kappa shape index (κ3) is 4.67. The van der Waals surface area contributed by atoms with Gasteiger partial charge in [0.05, 0.1) is 0 Å². The zero-order valence-corrected chi connectivity index (χ0v) is 22.2. The van der Waals surface area contributed by atoms with E-state index in [-0.39, 0.29) is 5.84 Å². The van der Waals surface area contributed by atoms with E-state index in [0.29, 0.717) is 29.7 Å². The van der Waals surface area contributed by atoms with Gasteiger partial charge in [-0.15, -0.1) is 0 Å². The molecule has 1 aliphatic heterocycles. The fourth-order valence-electron chi connectivity index (χ4n) is 6.10. The smallest absolute Gasteiger partial charge is 0.170 e. The fraction of sp³-hybridized carbons (Fsp3) is 0.406. The van der Waals surface area contributed by atoms with E-state index in [2.05, 4.69) is 93.3 Å². The van der Waals surface area contributed by atoms with Gasteiger partial charge in [-0.1, -0.05) is 87.5 Å². The van der Waals surface area contributed by atoms with Crippen molar-refractivity contribution in [2.75, 3.05) is 13.6 Å². The van der Waals surface area contributed by atoms with Gasteiger partial charge in [-0.3, -0.25) is 4.90 Å². The summed E-state index contributed by atoms with van der Waals surface area (Å²) >= 11 is 0. The van der Waals surface area contributed by atoms with Gasteiger partial charge in [0.1, 0.15) is 0 Å². The number of likely N-dealkylation sites (N-methyl/N-ethyl adjacent to an activating group) is 1. The average Bonchev–Trinajstić information content (AvgIpc) is 3.66. The summed E-state index contributed by atoms with van der Waals surface area (Å²) in [5, 5.41) is 14.7. The zero-order valence-electron chi connectivity index (χ0n) is 22.2. The van der Waals surface area contributed by atoms with Gasteiger partial charge in [0.2, 0.25) is 0 Å². The zero-order chi connectivity index (χ0) is 25.6. The third-order valence-corrected chi connectivity index (χ3v) is 8.05. The number of amidine groups is 1. The van der Waals surface area contributed by atoms with Crippen LogP contribution >= 0.6 is 0 Å². The summed E-state index contributed by atoms with van der Waals surface area (Å²) in [5.74, 6) is 2.32. The summed E-state index contributed by atoms with van der Waals surface area (Å²) in [6, 6.07) is 18.6. The molecule has 2 aliphatic rings. The molecule has 1 saturated carbocycles. The molecule has 4 nitrogen and oxygen atoms in total. The highest BCUT2D eigenvalue weighted by atomic mass is 16.4. The van der Waals surface area contributed by atoms with E-state index in [1.54, 1.807) is 0 Å². The van der Waals surface area contributed by atoms with Gasteiger partial charge in [-0.05, 0) is 88.2 Å². The summed E-state index contributed by atoms with van der Waals surface area (Å²) in [5.41, 5.74) is 13.8. The minimum Gasteiger partial charge on any atom is -0.409 e. The van der Waals surface area contributed by atoms with E-state index in [9.17, 15) is 0 Å². The second-order valence-electron chi connectivity index (χ2n) is 11.5. The van der Waals surface area contributed by atoms with Crippen molar-refractivity contribution in [2.45, 2.75) is 58.4 Å². The summed E-state index contributed by atoms with van der Waals surface area (Å²) < 4.78 is 0. The molecule has 3 atom stereocenters. The first kappa shape index (κ1) is 24.6. The minimum absolute atomic E-state index is 0.139. The standard InChI is InChI=1S/C32H39N3O/c1-19(2)6-7-22-14-26(15-23-10-11-25(17-27(22)23)32(33)34-36)29-18-28(29)24-9-8-21-12-13-35(5)31(20(3)4)30(21)16-24/h6-11,14-17,19-20,28-29,31,36H,12-13,18H2,1-5H3,(H2,33,34)/b7-6+. The molecule has 0 amide bonds. The Morgan fingerprint density at radius 3 is 2.53 bits per heavy atom. The largest absolute Gasteiger partial charge is 0.409 e. The Kier molecular flexibility index (Phi) is 6.65. The lowest BCUT2D eigenvalue weighted by Gasteiger charge is -2.37. The molecule has 188 valence electrons. The van der Waals surface area contributed by atoms with Gasteiger partial charge in [-0.25, -0.2) is 0 Å². The molecule has 3 unspecified atom stereocenters. The number of fused-ring (bicyclic) bond motifs is 2. The predicted octanol–water partition coefficient (Wildman–Crippen LogP) is 7.06. The van der Waals surface area contributed by atoms with E-state index in [1.807, 2.05) is 12.1 Å². The van der Waals surface area contributed by atoms with Crippen molar-refractivity contribution in [1.29, 1.82) is 0 Å². The molecule has 36 heavy (non-hydrogen) atoms. The van der Waals surface area contributed by atoms with E-state index < -0.39 is 0 Å². The summed E-state index contributed by atoms with van der Waals surface area (Å²) in [6.45, 7) is 10.2. The lowest BCUT2D eigenvalue weighted by atomic mass is 9.85. The normalized spacial score (nSPS) is 22.6. The van der Waals surface area contributed by atoms with Crippen molar-refractivity contribution >= 4 is 22.7 Å². The van der Waals surface area contributed by atoms with Crippen molar-refractivity contribution in [3.63, 3.8) is 0 Å². The number of nitrogens with zero attached hydrogens (tertiary/aromatic N) is 2. The number of benzene rings is 3. The molecule has 0 bridgehead atoms. The number of hydrogen-bond acceptors (Lipinski definition) is 3. The molecule has 1 heterocycles. The van der Waals surface area contributed by atoms with Gasteiger partial charge < -0.3 is 10.9 Å². The monoisotopic (exact) mass is 481 g/mol. The Hall–Kier alpha value is -3.11. The molecule has 0 saturated heterocycles. The molecule has 1 fully saturated rings. The van der Waals surface area contributed by atoms with Gasteiger partial charge in [0.25, 0.3) is 0 Å². The van der Waals surface area contributed by atoms with Gasteiger partial charge >= 0.3 is 0 Å². The van der Waals surface area contributed by atoms with Crippen LogP contribution in [-0.4, -0.2) is 29.5 Å². The quantitative estimate of drug-likeness (QED) is 0.171. The molecule has 3 N–H and O–H groups in total. The van der Waals surface area contributed by atoms with Crippen LogP contribution in [0.25, 0.3) is 16.8 Å². The second-order valence-corrected chi connectivity index (χ2v) is 11.5. The first-order valence-electron chi connectivity index (χ1n) is 13.3. The molecule has 5 rings (SSSR count). The number of oxime groups is 1. The maximum absolute atomic E-state index is 9.15. The maximum Gasteiger partial charge on any atom is 0.170 e. The Balaban J connectivity index is 1.50. The third-order valence-electron chi connectivity index (χ3n) is 8.05. The lowest BCUT2D eigenvalue weighted by Crippen LogP contribution is -2.35. The Labute approximate surface area is 215 Å². The molecular formula is C32H39N3O. The highest BCUT2D eigenvalue weighted by molar-refractivity contribution is 6.02. The van der Waals surface area contributed by atoms with Crippen molar-refractivity contribution in [2.24, 2.45) is 22.7 Å². The van der Waals surface area contributed by atoms with E-state index >= 15 is 0 Å². The Morgan fingerprint density at radius 1 is 1.03 bits per heavy atom. The van der Waals surface area contributed by atoms with Crippen molar-refractivity contribution in [1.82, 2.24) is 4.90 Å². The van der Waals surface area contributed by atoms with Crippen molar-refractivity contribution in [3.8, 4) is 0 Å². The van der Waals surface area contributed by atoms with Crippen LogP contribution in [-0.2, 0) is 6.42 Å². The molecule has 4 heteroatoms. The van der Waals surface area contributed by atoms with Crippen LogP contribution in [0.15, 0.2) is 59.8 Å². The van der Waals surface area contributed by atoms with Crippen LogP contribution in [0.1, 0.15) is 85.4 Å².